The number of carbonyl (C=O) groups is 1. The van der Waals surface area contributed by atoms with Gasteiger partial charge in [0.1, 0.15) is 0 Å². The number of hydrogen-bond donors (Lipinski definition) is 2. The van der Waals surface area contributed by atoms with Crippen molar-refractivity contribution in [1.82, 2.24) is 5.32 Å². The van der Waals surface area contributed by atoms with Crippen molar-refractivity contribution in [2.45, 2.75) is 57.6 Å². The van der Waals surface area contributed by atoms with E-state index in [2.05, 4.69) is 5.32 Å². The van der Waals surface area contributed by atoms with Crippen molar-refractivity contribution in [3.05, 3.63) is 0 Å². The third kappa shape index (κ3) is 2.69. The number of rotatable bonds is 2. The van der Waals surface area contributed by atoms with Crippen molar-refractivity contribution in [3.63, 3.8) is 0 Å². The zero-order chi connectivity index (χ0) is 9.90. The van der Waals surface area contributed by atoms with Crippen molar-refractivity contribution in [1.29, 1.82) is 0 Å². The van der Waals surface area contributed by atoms with Crippen LogP contribution in [-0.4, -0.2) is 22.7 Å². The Morgan fingerprint density at radius 2 is 1.92 bits per heavy atom. The molecule has 2 N–H and O–H groups in total. The minimum atomic E-state index is -0.663. The van der Waals surface area contributed by atoms with Gasteiger partial charge in [0, 0.05) is 6.92 Å². The molecular formula is C10H19NO2. The molecule has 0 heterocycles. The fourth-order valence-electron chi connectivity index (χ4n) is 2.04. The van der Waals surface area contributed by atoms with Crippen LogP contribution in [0.25, 0.3) is 0 Å². The molecule has 0 aliphatic heterocycles. The largest absolute Gasteiger partial charge is 0.388 e. The molecule has 0 radical (unpaired) electrons. The Morgan fingerprint density at radius 1 is 1.38 bits per heavy atom. The highest BCUT2D eigenvalue weighted by molar-refractivity contribution is 5.73. The maximum atomic E-state index is 10.8. The van der Waals surface area contributed by atoms with E-state index in [0.717, 1.165) is 25.7 Å². The molecular weight excluding hydrogens is 166 g/mol. The van der Waals surface area contributed by atoms with E-state index >= 15 is 0 Å². The van der Waals surface area contributed by atoms with Crippen LogP contribution in [0.4, 0.5) is 0 Å². The van der Waals surface area contributed by atoms with Gasteiger partial charge < -0.3 is 10.4 Å². The molecule has 0 aromatic rings. The van der Waals surface area contributed by atoms with Crippen LogP contribution in [0, 0.1) is 0 Å². The Kier molecular flexibility index (Phi) is 3.31. The molecule has 1 fully saturated rings. The zero-order valence-corrected chi connectivity index (χ0v) is 8.47. The molecule has 0 aromatic heterocycles. The SMILES string of the molecule is CC(=O)N[C@@H](C)C1(O)CCCCC1. The number of hydrogen-bond acceptors (Lipinski definition) is 2. The molecule has 3 nitrogen and oxygen atoms in total. The molecule has 76 valence electrons. The summed E-state index contributed by atoms with van der Waals surface area (Å²) in [6, 6.07) is -0.120. The molecule has 0 unspecified atom stereocenters. The summed E-state index contributed by atoms with van der Waals surface area (Å²) in [7, 11) is 0. The minimum absolute atomic E-state index is 0.0634. The number of amides is 1. The van der Waals surface area contributed by atoms with Gasteiger partial charge in [0.15, 0.2) is 0 Å². The minimum Gasteiger partial charge on any atom is -0.388 e. The zero-order valence-electron chi connectivity index (χ0n) is 8.47. The molecule has 0 bridgehead atoms. The Bertz CT molecular complexity index is 185. The topological polar surface area (TPSA) is 49.3 Å². The standard InChI is InChI=1S/C10H19NO2/c1-8(11-9(2)12)10(13)6-4-3-5-7-10/h8,13H,3-7H2,1-2H3,(H,11,12)/t8-/m0/s1. The monoisotopic (exact) mass is 185 g/mol. The summed E-state index contributed by atoms with van der Waals surface area (Å²) in [5.41, 5.74) is -0.663. The van der Waals surface area contributed by atoms with Gasteiger partial charge in [0.2, 0.25) is 5.91 Å². The second-order valence-electron chi connectivity index (χ2n) is 4.09. The summed E-state index contributed by atoms with van der Waals surface area (Å²) in [5, 5.41) is 12.9. The molecule has 0 spiro atoms. The van der Waals surface area contributed by atoms with E-state index in [0.29, 0.717) is 0 Å². The van der Waals surface area contributed by atoms with Crippen molar-refractivity contribution in [3.8, 4) is 0 Å². The Labute approximate surface area is 79.5 Å². The summed E-state index contributed by atoms with van der Waals surface area (Å²) in [5.74, 6) is -0.0634. The summed E-state index contributed by atoms with van der Waals surface area (Å²) in [4.78, 5) is 10.8. The van der Waals surface area contributed by atoms with Gasteiger partial charge in [-0.2, -0.15) is 0 Å². The molecule has 3 heteroatoms. The lowest BCUT2D eigenvalue weighted by molar-refractivity contribution is -0.122. The predicted octanol–water partition coefficient (Wildman–Crippen LogP) is 1.21. The average molecular weight is 185 g/mol. The van der Waals surface area contributed by atoms with Crippen LogP contribution >= 0.6 is 0 Å². The van der Waals surface area contributed by atoms with Crippen molar-refractivity contribution >= 4 is 5.91 Å². The average Bonchev–Trinajstić information content (AvgIpc) is 2.04. The van der Waals surface area contributed by atoms with Crippen LogP contribution in [0.15, 0.2) is 0 Å². The van der Waals surface area contributed by atoms with E-state index in [1.54, 1.807) is 0 Å². The summed E-state index contributed by atoms with van der Waals surface area (Å²) >= 11 is 0. The summed E-state index contributed by atoms with van der Waals surface area (Å²) in [6.45, 7) is 3.37. The second-order valence-corrected chi connectivity index (χ2v) is 4.09. The molecule has 1 aliphatic rings. The molecule has 0 aromatic carbocycles. The summed E-state index contributed by atoms with van der Waals surface area (Å²) in [6.07, 6.45) is 4.97. The third-order valence-corrected chi connectivity index (χ3v) is 2.95. The van der Waals surface area contributed by atoms with Gasteiger partial charge in [-0.1, -0.05) is 19.3 Å². The smallest absolute Gasteiger partial charge is 0.217 e. The molecule has 1 saturated carbocycles. The fourth-order valence-corrected chi connectivity index (χ4v) is 2.04. The van der Waals surface area contributed by atoms with E-state index in [1.165, 1.54) is 13.3 Å². The van der Waals surface area contributed by atoms with Crippen LogP contribution in [0.2, 0.25) is 0 Å². The van der Waals surface area contributed by atoms with Gasteiger partial charge in [0.25, 0.3) is 0 Å². The maximum absolute atomic E-state index is 10.8. The molecule has 1 amide bonds. The van der Waals surface area contributed by atoms with Crippen molar-refractivity contribution < 1.29 is 9.90 Å². The Morgan fingerprint density at radius 3 is 2.38 bits per heavy atom. The highest BCUT2D eigenvalue weighted by atomic mass is 16.3. The van der Waals surface area contributed by atoms with Gasteiger partial charge >= 0.3 is 0 Å². The summed E-state index contributed by atoms with van der Waals surface area (Å²) < 4.78 is 0. The first kappa shape index (κ1) is 10.5. The van der Waals surface area contributed by atoms with E-state index in [9.17, 15) is 9.90 Å². The third-order valence-electron chi connectivity index (χ3n) is 2.95. The highest BCUT2D eigenvalue weighted by Gasteiger charge is 2.35. The lowest BCUT2D eigenvalue weighted by atomic mass is 9.80. The first-order valence-electron chi connectivity index (χ1n) is 5.04. The molecule has 1 atom stereocenters. The van der Waals surface area contributed by atoms with Crippen molar-refractivity contribution in [2.24, 2.45) is 0 Å². The first-order chi connectivity index (χ1) is 6.04. The molecule has 1 aliphatic carbocycles. The number of carbonyl (C=O) groups excluding carboxylic acids is 1. The maximum Gasteiger partial charge on any atom is 0.217 e. The van der Waals surface area contributed by atoms with Crippen LogP contribution < -0.4 is 5.32 Å². The lowest BCUT2D eigenvalue weighted by Gasteiger charge is -2.37. The predicted molar refractivity (Wildman–Crippen MR) is 51.3 cm³/mol. The number of aliphatic hydroxyl groups is 1. The van der Waals surface area contributed by atoms with E-state index in [-0.39, 0.29) is 11.9 Å². The quantitative estimate of drug-likeness (QED) is 0.679. The normalized spacial score (nSPS) is 23.6. The van der Waals surface area contributed by atoms with E-state index in [1.807, 2.05) is 6.92 Å². The molecule has 0 saturated heterocycles. The van der Waals surface area contributed by atoms with Gasteiger partial charge in [-0.25, -0.2) is 0 Å². The van der Waals surface area contributed by atoms with E-state index < -0.39 is 5.60 Å². The van der Waals surface area contributed by atoms with Crippen LogP contribution in [0.3, 0.4) is 0 Å². The first-order valence-corrected chi connectivity index (χ1v) is 5.04. The molecule has 1 rings (SSSR count). The lowest BCUT2D eigenvalue weighted by Crippen LogP contribution is -2.51. The fraction of sp³-hybridized carbons (Fsp3) is 0.900. The van der Waals surface area contributed by atoms with Crippen molar-refractivity contribution in [2.75, 3.05) is 0 Å². The van der Waals surface area contributed by atoms with Crippen LogP contribution in [0.5, 0.6) is 0 Å². The van der Waals surface area contributed by atoms with Gasteiger partial charge in [-0.15, -0.1) is 0 Å². The van der Waals surface area contributed by atoms with Crippen LogP contribution in [0.1, 0.15) is 46.0 Å². The Balaban J connectivity index is 2.51. The highest BCUT2D eigenvalue weighted by Crippen LogP contribution is 2.30. The Hall–Kier alpha value is -0.570. The molecule has 13 heavy (non-hydrogen) atoms. The van der Waals surface area contributed by atoms with Gasteiger partial charge in [0.05, 0.1) is 11.6 Å². The van der Waals surface area contributed by atoms with Gasteiger partial charge in [-0.3, -0.25) is 4.79 Å². The van der Waals surface area contributed by atoms with Gasteiger partial charge in [-0.05, 0) is 19.8 Å². The van der Waals surface area contributed by atoms with Crippen LogP contribution in [-0.2, 0) is 4.79 Å². The number of nitrogens with one attached hydrogen (secondary N) is 1. The van der Waals surface area contributed by atoms with E-state index in [4.69, 9.17) is 0 Å². The second kappa shape index (κ2) is 4.09.